The second kappa shape index (κ2) is 8.36. The van der Waals surface area contributed by atoms with Crippen molar-refractivity contribution in [1.29, 1.82) is 0 Å². The van der Waals surface area contributed by atoms with Gasteiger partial charge >= 0.3 is 0 Å². The molecule has 1 unspecified atom stereocenters. The first kappa shape index (κ1) is 19.0. The molecule has 0 saturated heterocycles. The Bertz CT molecular complexity index is 987. The van der Waals surface area contributed by atoms with Crippen molar-refractivity contribution in [2.45, 2.75) is 12.5 Å². The van der Waals surface area contributed by atoms with Crippen LogP contribution in [0.1, 0.15) is 33.2 Å². The minimum absolute atomic E-state index is 0.0156. The number of nitrogens with one attached hydrogen (secondary N) is 1. The van der Waals surface area contributed by atoms with Gasteiger partial charge in [0.2, 0.25) is 0 Å². The van der Waals surface area contributed by atoms with E-state index in [-0.39, 0.29) is 11.8 Å². The van der Waals surface area contributed by atoms with E-state index in [0.717, 1.165) is 17.0 Å². The van der Waals surface area contributed by atoms with Crippen LogP contribution in [0.2, 0.25) is 0 Å². The fourth-order valence-corrected chi connectivity index (χ4v) is 3.69. The molecule has 150 valence electrons. The van der Waals surface area contributed by atoms with Gasteiger partial charge in [-0.25, -0.2) is 4.98 Å². The van der Waals surface area contributed by atoms with E-state index in [2.05, 4.69) is 22.1 Å². The summed E-state index contributed by atoms with van der Waals surface area (Å²) < 4.78 is 11.0. The Morgan fingerprint density at radius 3 is 2.86 bits per heavy atom. The van der Waals surface area contributed by atoms with E-state index < -0.39 is 0 Å². The van der Waals surface area contributed by atoms with Crippen LogP contribution < -0.4 is 15.2 Å². The Hall–Kier alpha value is -3.32. The summed E-state index contributed by atoms with van der Waals surface area (Å²) in [5, 5.41) is 0. The molecule has 3 N–H and O–H groups in total. The molecule has 29 heavy (non-hydrogen) atoms. The van der Waals surface area contributed by atoms with Crippen LogP contribution in [0.5, 0.6) is 11.5 Å². The molecule has 1 atom stereocenters. The largest absolute Gasteiger partial charge is 0.497 e. The topological polar surface area (TPSA) is 93.5 Å². The summed E-state index contributed by atoms with van der Waals surface area (Å²) in [6, 6.07) is 15.4. The summed E-state index contributed by atoms with van der Waals surface area (Å²) in [5.41, 5.74) is 9.15. The number of benzene rings is 2. The third-order valence-electron chi connectivity index (χ3n) is 5.12. The van der Waals surface area contributed by atoms with Crippen molar-refractivity contribution < 1.29 is 14.3 Å². The highest BCUT2D eigenvalue weighted by Gasteiger charge is 2.32. The van der Waals surface area contributed by atoms with E-state index in [1.165, 1.54) is 0 Å². The maximum atomic E-state index is 13.4. The lowest BCUT2D eigenvalue weighted by atomic mass is 9.90. The first-order valence-electron chi connectivity index (χ1n) is 9.58. The predicted octanol–water partition coefficient (Wildman–Crippen LogP) is 2.54. The number of nitrogens with two attached hydrogens (primary N) is 1. The predicted molar refractivity (Wildman–Crippen MR) is 109 cm³/mol. The Balaban J connectivity index is 1.66. The summed E-state index contributed by atoms with van der Waals surface area (Å²) in [7, 11) is 1.58. The number of amides is 1. The number of fused-ring (bicyclic) bond motifs is 1. The van der Waals surface area contributed by atoms with Gasteiger partial charge in [0.15, 0.2) is 0 Å². The van der Waals surface area contributed by atoms with Crippen LogP contribution in [0.15, 0.2) is 54.9 Å². The molecule has 0 fully saturated rings. The van der Waals surface area contributed by atoms with Crippen molar-refractivity contribution in [1.82, 2.24) is 14.9 Å². The van der Waals surface area contributed by atoms with E-state index in [4.69, 9.17) is 15.2 Å². The van der Waals surface area contributed by atoms with Crippen LogP contribution in [-0.2, 0) is 6.54 Å². The van der Waals surface area contributed by atoms with Crippen molar-refractivity contribution in [3.63, 3.8) is 0 Å². The molecule has 1 aromatic heterocycles. The number of aromatic nitrogens is 2. The average Bonchev–Trinajstić information content (AvgIpc) is 3.25. The minimum Gasteiger partial charge on any atom is -0.497 e. The van der Waals surface area contributed by atoms with E-state index in [0.29, 0.717) is 43.3 Å². The maximum Gasteiger partial charge on any atom is 0.258 e. The highest BCUT2D eigenvalue weighted by atomic mass is 16.5. The second-order valence-electron chi connectivity index (χ2n) is 6.91. The fraction of sp³-hybridized carbons (Fsp3) is 0.273. The second-order valence-corrected chi connectivity index (χ2v) is 6.91. The molecule has 0 aliphatic carbocycles. The number of carbonyl (C=O) groups excluding carboxylic acids is 1. The molecular formula is C22H24N4O3. The lowest BCUT2D eigenvalue weighted by Gasteiger charge is -2.32. The zero-order chi connectivity index (χ0) is 20.2. The molecule has 3 aromatic rings. The number of hydrogen-bond donors (Lipinski definition) is 2. The van der Waals surface area contributed by atoms with Gasteiger partial charge in [-0.2, -0.15) is 0 Å². The average molecular weight is 392 g/mol. The van der Waals surface area contributed by atoms with Gasteiger partial charge in [-0.15, -0.1) is 0 Å². The molecule has 4 rings (SSSR count). The Morgan fingerprint density at radius 2 is 2.10 bits per heavy atom. The Morgan fingerprint density at radius 1 is 1.28 bits per heavy atom. The summed E-state index contributed by atoms with van der Waals surface area (Å²) in [6.07, 6.45) is 1.69. The van der Waals surface area contributed by atoms with Gasteiger partial charge in [0.1, 0.15) is 18.1 Å². The fourth-order valence-electron chi connectivity index (χ4n) is 3.69. The molecule has 0 spiro atoms. The molecule has 7 heteroatoms. The molecule has 0 saturated carbocycles. The number of methoxy groups -OCH3 is 1. The lowest BCUT2D eigenvalue weighted by molar-refractivity contribution is 0.0717. The number of rotatable bonds is 6. The first-order valence-corrected chi connectivity index (χ1v) is 9.58. The highest BCUT2D eigenvalue weighted by Crippen LogP contribution is 2.34. The first-order chi connectivity index (χ1) is 14.2. The molecule has 1 amide bonds. The van der Waals surface area contributed by atoms with Crippen molar-refractivity contribution in [3.05, 3.63) is 77.4 Å². The Kier molecular flexibility index (Phi) is 5.48. The number of carbonyl (C=O) groups is 1. The van der Waals surface area contributed by atoms with Gasteiger partial charge in [-0.1, -0.05) is 30.3 Å². The number of ether oxygens (including phenoxy) is 2. The number of H-pyrrole nitrogens is 1. The Labute approximate surface area is 169 Å². The third-order valence-corrected chi connectivity index (χ3v) is 5.12. The molecular weight excluding hydrogens is 368 g/mol. The van der Waals surface area contributed by atoms with E-state index in [1.54, 1.807) is 31.6 Å². The van der Waals surface area contributed by atoms with Crippen LogP contribution >= 0.6 is 0 Å². The summed E-state index contributed by atoms with van der Waals surface area (Å²) >= 11 is 0. The van der Waals surface area contributed by atoms with Crippen molar-refractivity contribution in [2.75, 3.05) is 26.8 Å². The van der Waals surface area contributed by atoms with E-state index in [1.807, 2.05) is 23.1 Å². The molecule has 0 radical (unpaired) electrons. The van der Waals surface area contributed by atoms with Gasteiger partial charge in [0, 0.05) is 25.1 Å². The van der Waals surface area contributed by atoms with Crippen LogP contribution in [0.25, 0.3) is 0 Å². The number of imidazole rings is 1. The van der Waals surface area contributed by atoms with Crippen molar-refractivity contribution >= 4 is 5.91 Å². The zero-order valence-electron chi connectivity index (χ0n) is 16.3. The van der Waals surface area contributed by atoms with Crippen LogP contribution in [-0.4, -0.2) is 47.6 Å². The van der Waals surface area contributed by atoms with E-state index in [9.17, 15) is 4.79 Å². The quantitative estimate of drug-likeness (QED) is 0.672. The molecule has 1 aliphatic heterocycles. The minimum atomic E-state index is -0.0964. The van der Waals surface area contributed by atoms with Gasteiger partial charge < -0.3 is 25.1 Å². The normalized spacial score (nSPS) is 15.7. The van der Waals surface area contributed by atoms with E-state index >= 15 is 0 Å². The van der Waals surface area contributed by atoms with Crippen molar-refractivity contribution in [3.8, 4) is 11.5 Å². The SMILES string of the molecule is COc1ccc(C(=O)N2Cc3[nH]cnc3C(c3ccccc3)C2)c(OCCN)c1. The van der Waals surface area contributed by atoms with Gasteiger partial charge in [0.25, 0.3) is 5.91 Å². The zero-order valence-corrected chi connectivity index (χ0v) is 16.3. The molecule has 7 nitrogen and oxygen atoms in total. The van der Waals surface area contributed by atoms with Crippen molar-refractivity contribution in [2.24, 2.45) is 5.73 Å². The van der Waals surface area contributed by atoms with Crippen LogP contribution in [0, 0.1) is 0 Å². The number of hydrogen-bond acceptors (Lipinski definition) is 5. The number of aromatic amines is 1. The summed E-state index contributed by atoms with van der Waals surface area (Å²) in [4.78, 5) is 23.0. The molecule has 2 heterocycles. The summed E-state index contributed by atoms with van der Waals surface area (Å²) in [5.74, 6) is 1.03. The third kappa shape index (κ3) is 3.82. The smallest absolute Gasteiger partial charge is 0.258 e. The van der Waals surface area contributed by atoms with Crippen LogP contribution in [0.4, 0.5) is 0 Å². The lowest BCUT2D eigenvalue weighted by Crippen LogP contribution is -2.39. The number of nitrogens with zero attached hydrogens (tertiary/aromatic N) is 2. The maximum absolute atomic E-state index is 13.4. The molecule has 2 aromatic carbocycles. The van der Waals surface area contributed by atoms with Gasteiger partial charge in [0.05, 0.1) is 36.9 Å². The highest BCUT2D eigenvalue weighted by molar-refractivity contribution is 5.97. The molecule has 0 bridgehead atoms. The monoisotopic (exact) mass is 392 g/mol. The van der Waals surface area contributed by atoms with Gasteiger partial charge in [-0.3, -0.25) is 4.79 Å². The summed E-state index contributed by atoms with van der Waals surface area (Å²) in [6.45, 7) is 1.70. The standard InChI is InChI=1S/C22H24N4O3/c1-28-16-7-8-17(20(11-16)29-10-9-23)22(27)26-12-18(15-5-3-2-4-6-15)21-19(13-26)24-14-25-21/h2-8,11,14,18H,9-10,12-13,23H2,1H3,(H,24,25). The molecule has 1 aliphatic rings. The van der Waals surface area contributed by atoms with Gasteiger partial charge in [-0.05, 0) is 17.7 Å². The van der Waals surface area contributed by atoms with Crippen LogP contribution in [0.3, 0.4) is 0 Å².